The molecule has 0 aliphatic rings. The van der Waals surface area contributed by atoms with E-state index < -0.39 is 51.7 Å². The molecule has 0 radical (unpaired) electrons. The Morgan fingerprint density at radius 2 is 1.81 bits per heavy atom. The van der Waals surface area contributed by atoms with E-state index in [1.807, 2.05) is 22.6 Å². The van der Waals surface area contributed by atoms with Crippen LogP contribution in [0.1, 0.15) is 16.7 Å². The third kappa shape index (κ3) is 5.99. The lowest BCUT2D eigenvalue weighted by atomic mass is 10.1. The maximum atomic E-state index is 14.8. The van der Waals surface area contributed by atoms with E-state index >= 15 is 0 Å². The van der Waals surface area contributed by atoms with Crippen molar-refractivity contribution in [2.45, 2.75) is 12.7 Å². The second-order valence-electron chi connectivity index (χ2n) is 8.43. The van der Waals surface area contributed by atoms with Gasteiger partial charge in [-0.05, 0) is 30.3 Å². The van der Waals surface area contributed by atoms with Gasteiger partial charge in [0.05, 0.1) is 35.5 Å². The monoisotopic (exact) mass is 699 g/mol. The molecule has 0 aliphatic heterocycles. The third-order valence-corrected chi connectivity index (χ3v) is 6.65. The summed E-state index contributed by atoms with van der Waals surface area (Å²) in [6, 6.07) is 9.78. The number of aromatic nitrogens is 4. The number of hydrogen-bond acceptors (Lipinski definition) is 9. The molecule has 42 heavy (non-hydrogen) atoms. The van der Waals surface area contributed by atoms with E-state index in [4.69, 9.17) is 10.5 Å². The van der Waals surface area contributed by atoms with Gasteiger partial charge in [-0.1, -0.05) is 28.7 Å². The van der Waals surface area contributed by atoms with Crippen LogP contribution in [0, 0.1) is 15.9 Å². The molecule has 0 fully saturated rings. The molecule has 0 aliphatic carbocycles. The van der Waals surface area contributed by atoms with Gasteiger partial charge in [-0.25, -0.2) is 13.8 Å². The van der Waals surface area contributed by atoms with Gasteiger partial charge in [0.2, 0.25) is 5.88 Å². The van der Waals surface area contributed by atoms with E-state index in [0.717, 1.165) is 12.1 Å². The van der Waals surface area contributed by atoms with E-state index in [1.54, 1.807) is 0 Å². The molecule has 2 N–H and O–H groups in total. The standard InChI is InChI=1S/C25H18F4IN7O5/c1-42-20-10-9-19(33-34-20)36-23(38)21(18(11-30)32-13-5-7-14(8-6-13)37(40)41)22(31)35(24(36)39)12-15-16(25(27,28)29)3-2-4-17(15)26/h2-10H,11-12,31H2,1H3. The third-order valence-electron chi connectivity index (χ3n) is 5.93. The van der Waals surface area contributed by atoms with Crippen LogP contribution in [0.2, 0.25) is 0 Å². The van der Waals surface area contributed by atoms with Crippen LogP contribution in [0.3, 0.4) is 0 Å². The minimum absolute atomic E-state index is 0.00577. The Kier molecular flexibility index (Phi) is 8.69. The molecule has 4 aromatic rings. The fourth-order valence-corrected chi connectivity index (χ4v) is 4.49. The summed E-state index contributed by atoms with van der Waals surface area (Å²) in [4.78, 5) is 42.1. The van der Waals surface area contributed by atoms with Crippen molar-refractivity contribution in [3.8, 4) is 11.7 Å². The topological polar surface area (TPSA) is 161 Å². The first-order valence-corrected chi connectivity index (χ1v) is 13.2. The molecular formula is C25H18F4IN7O5. The molecule has 0 bridgehead atoms. The van der Waals surface area contributed by atoms with E-state index in [0.29, 0.717) is 15.2 Å². The van der Waals surface area contributed by atoms with E-state index in [9.17, 15) is 37.3 Å². The molecular weight excluding hydrogens is 681 g/mol. The number of nitrogens with two attached hydrogens (primary N) is 1. The van der Waals surface area contributed by atoms with Crippen molar-refractivity contribution < 1.29 is 27.2 Å². The summed E-state index contributed by atoms with van der Waals surface area (Å²) in [5.41, 5.74) is 1.30. The number of nitro groups is 1. The number of benzene rings is 2. The van der Waals surface area contributed by atoms with Gasteiger partial charge in [0.25, 0.3) is 11.2 Å². The van der Waals surface area contributed by atoms with Gasteiger partial charge in [-0.3, -0.25) is 24.5 Å². The highest BCUT2D eigenvalue weighted by molar-refractivity contribution is 14.1. The first-order valence-electron chi connectivity index (χ1n) is 11.6. The zero-order valence-electron chi connectivity index (χ0n) is 21.3. The van der Waals surface area contributed by atoms with Gasteiger partial charge in [-0.2, -0.15) is 13.2 Å². The number of alkyl halides is 4. The molecule has 12 nitrogen and oxygen atoms in total. The van der Waals surface area contributed by atoms with Crippen LogP contribution in [0.5, 0.6) is 5.88 Å². The number of methoxy groups -OCH3 is 1. The quantitative estimate of drug-likeness (QED) is 0.0720. The summed E-state index contributed by atoms with van der Waals surface area (Å²) >= 11 is 1.85. The second-order valence-corrected chi connectivity index (χ2v) is 9.20. The summed E-state index contributed by atoms with van der Waals surface area (Å²) in [7, 11) is 1.30. The minimum Gasteiger partial charge on any atom is -0.480 e. The Balaban J connectivity index is 2.02. The molecule has 218 valence electrons. The number of anilines is 1. The molecule has 4 rings (SSSR count). The number of nitro benzene ring substituents is 1. The molecule has 2 aromatic heterocycles. The van der Waals surface area contributed by atoms with Crippen LogP contribution >= 0.6 is 22.6 Å². The van der Waals surface area contributed by atoms with Gasteiger partial charge in [-0.15, -0.1) is 10.2 Å². The van der Waals surface area contributed by atoms with Crippen molar-refractivity contribution in [2.24, 2.45) is 4.99 Å². The second kappa shape index (κ2) is 12.0. The lowest BCUT2D eigenvalue weighted by Crippen LogP contribution is -2.44. The number of non-ortho nitro benzene ring substituents is 1. The molecule has 2 heterocycles. The number of nitrogens with zero attached hydrogens (tertiary/aromatic N) is 6. The van der Waals surface area contributed by atoms with Crippen LogP contribution in [0.15, 0.2) is 69.2 Å². The van der Waals surface area contributed by atoms with Gasteiger partial charge < -0.3 is 10.5 Å². The SMILES string of the molecule is COc1ccc(-n2c(=O)c(C(CI)=Nc3ccc([N+](=O)[O-])cc3)c(N)n(Cc3c(F)cccc3C(F)(F)F)c2=O)nn1. The van der Waals surface area contributed by atoms with Crippen LogP contribution in [-0.4, -0.2) is 41.5 Å². The lowest BCUT2D eigenvalue weighted by Gasteiger charge is -2.19. The van der Waals surface area contributed by atoms with Crippen molar-refractivity contribution in [2.75, 3.05) is 17.3 Å². The Hall–Kier alpha value is -4.68. The van der Waals surface area contributed by atoms with Gasteiger partial charge >= 0.3 is 11.9 Å². The van der Waals surface area contributed by atoms with Crippen molar-refractivity contribution in [3.63, 3.8) is 0 Å². The van der Waals surface area contributed by atoms with Crippen LogP contribution < -0.4 is 21.7 Å². The van der Waals surface area contributed by atoms with E-state index in [2.05, 4.69) is 15.2 Å². The number of nitrogen functional groups attached to an aromatic ring is 1. The molecule has 0 spiro atoms. The number of hydrogen-bond donors (Lipinski definition) is 1. The number of aliphatic imine (C=N–C) groups is 1. The Morgan fingerprint density at radius 3 is 2.36 bits per heavy atom. The average molecular weight is 699 g/mol. The fourth-order valence-electron chi connectivity index (χ4n) is 3.93. The predicted molar refractivity (Wildman–Crippen MR) is 152 cm³/mol. The average Bonchev–Trinajstić information content (AvgIpc) is 2.95. The number of rotatable bonds is 8. The largest absolute Gasteiger partial charge is 0.480 e. The fraction of sp³-hybridized carbons (Fsp3) is 0.160. The van der Waals surface area contributed by atoms with Crippen molar-refractivity contribution in [3.05, 3.63) is 108 Å². The Labute approximate surface area is 246 Å². The number of ether oxygens (including phenoxy) is 1. The summed E-state index contributed by atoms with van der Waals surface area (Å²) in [5, 5.41) is 18.5. The first kappa shape index (κ1) is 30.3. The van der Waals surface area contributed by atoms with Crippen molar-refractivity contribution in [1.82, 2.24) is 19.3 Å². The smallest absolute Gasteiger partial charge is 0.416 e. The van der Waals surface area contributed by atoms with Gasteiger partial charge in [0, 0.05) is 28.2 Å². The molecule has 0 unspecified atom stereocenters. The lowest BCUT2D eigenvalue weighted by molar-refractivity contribution is -0.384. The minimum atomic E-state index is -4.97. The molecule has 17 heteroatoms. The zero-order valence-corrected chi connectivity index (χ0v) is 23.5. The molecule has 0 saturated heterocycles. The van der Waals surface area contributed by atoms with Crippen molar-refractivity contribution >= 4 is 45.5 Å². The summed E-state index contributed by atoms with van der Waals surface area (Å²) in [6.45, 7) is -1.00. The first-order chi connectivity index (χ1) is 19.9. The van der Waals surface area contributed by atoms with E-state index in [-0.39, 0.29) is 38.8 Å². The highest BCUT2D eigenvalue weighted by atomic mass is 127. The number of halogens is 5. The summed E-state index contributed by atoms with van der Waals surface area (Å²) in [6.07, 6.45) is -4.97. The highest BCUT2D eigenvalue weighted by Crippen LogP contribution is 2.33. The van der Waals surface area contributed by atoms with Crippen molar-refractivity contribution in [1.29, 1.82) is 0 Å². The van der Waals surface area contributed by atoms with E-state index in [1.165, 1.54) is 43.5 Å². The maximum absolute atomic E-state index is 14.8. The zero-order chi connectivity index (χ0) is 30.8. The van der Waals surface area contributed by atoms with Crippen LogP contribution in [0.25, 0.3) is 5.82 Å². The molecule has 0 atom stereocenters. The Bertz CT molecular complexity index is 1810. The molecule has 0 saturated carbocycles. The van der Waals surface area contributed by atoms with Gasteiger partial charge in [0.1, 0.15) is 17.2 Å². The van der Waals surface area contributed by atoms with Crippen LogP contribution in [-0.2, 0) is 12.7 Å². The highest BCUT2D eigenvalue weighted by Gasteiger charge is 2.35. The predicted octanol–water partition coefficient (Wildman–Crippen LogP) is 4.05. The summed E-state index contributed by atoms with van der Waals surface area (Å²) < 4.78 is 62.1. The normalized spacial score (nSPS) is 11.9. The van der Waals surface area contributed by atoms with Crippen LogP contribution in [0.4, 0.5) is 34.8 Å². The molecule has 2 aromatic carbocycles. The Morgan fingerprint density at radius 1 is 1.12 bits per heavy atom. The van der Waals surface area contributed by atoms with Gasteiger partial charge in [0.15, 0.2) is 5.82 Å². The summed E-state index contributed by atoms with van der Waals surface area (Å²) in [5.74, 6) is -2.13. The molecule has 0 amide bonds. The maximum Gasteiger partial charge on any atom is 0.416 e.